The van der Waals surface area contributed by atoms with Crippen molar-refractivity contribution in [2.24, 2.45) is 5.92 Å². The first kappa shape index (κ1) is 17.1. The van der Waals surface area contributed by atoms with Crippen LogP contribution in [0.15, 0.2) is 41.8 Å². The SMILES string of the molecule is O=C(N[C@@H]1CCOc2ccccc21)C1CCN(C(=O)c2cccs2)CC1. The third-order valence-corrected chi connectivity index (χ3v) is 6.02. The van der Waals surface area contributed by atoms with Crippen molar-refractivity contribution in [2.45, 2.75) is 25.3 Å². The van der Waals surface area contributed by atoms with Gasteiger partial charge in [-0.3, -0.25) is 9.59 Å². The number of fused-ring (bicyclic) bond motifs is 1. The molecule has 2 aliphatic rings. The highest BCUT2D eigenvalue weighted by Gasteiger charge is 2.30. The van der Waals surface area contributed by atoms with Gasteiger partial charge in [0, 0.05) is 31.0 Å². The second-order valence-corrected chi connectivity index (χ2v) is 7.73. The number of para-hydroxylation sites is 1. The third-order valence-electron chi connectivity index (χ3n) is 5.16. The molecule has 1 fully saturated rings. The molecule has 26 heavy (non-hydrogen) atoms. The van der Waals surface area contributed by atoms with Crippen LogP contribution >= 0.6 is 11.3 Å². The van der Waals surface area contributed by atoms with Crippen molar-refractivity contribution in [3.05, 3.63) is 52.2 Å². The number of piperidine rings is 1. The van der Waals surface area contributed by atoms with E-state index in [-0.39, 0.29) is 23.8 Å². The van der Waals surface area contributed by atoms with Crippen molar-refractivity contribution in [3.8, 4) is 5.75 Å². The Balaban J connectivity index is 1.34. The number of nitrogens with zero attached hydrogens (tertiary/aromatic N) is 1. The van der Waals surface area contributed by atoms with Crippen LogP contribution in [0.2, 0.25) is 0 Å². The maximum atomic E-state index is 12.7. The van der Waals surface area contributed by atoms with Gasteiger partial charge in [-0.05, 0) is 30.4 Å². The first-order valence-electron chi connectivity index (χ1n) is 9.07. The van der Waals surface area contributed by atoms with Crippen LogP contribution in [0.4, 0.5) is 0 Å². The van der Waals surface area contributed by atoms with Gasteiger partial charge in [-0.15, -0.1) is 11.3 Å². The Morgan fingerprint density at radius 2 is 1.88 bits per heavy atom. The summed E-state index contributed by atoms with van der Waals surface area (Å²) in [5.74, 6) is 1.00. The molecule has 0 radical (unpaired) electrons. The van der Waals surface area contributed by atoms with Gasteiger partial charge >= 0.3 is 0 Å². The second-order valence-electron chi connectivity index (χ2n) is 6.78. The average Bonchev–Trinajstić information content (AvgIpc) is 3.23. The third kappa shape index (κ3) is 3.46. The molecule has 1 N–H and O–H groups in total. The summed E-state index contributed by atoms with van der Waals surface area (Å²) in [6, 6.07) is 11.6. The van der Waals surface area contributed by atoms with E-state index in [0.29, 0.717) is 32.5 Å². The monoisotopic (exact) mass is 370 g/mol. The lowest BCUT2D eigenvalue weighted by atomic mass is 9.94. The molecule has 2 aromatic rings. The minimum absolute atomic E-state index is 0.0123. The molecule has 136 valence electrons. The Morgan fingerprint density at radius 1 is 1.08 bits per heavy atom. The lowest BCUT2D eigenvalue weighted by molar-refractivity contribution is -0.127. The number of hydrogen-bond acceptors (Lipinski definition) is 4. The molecule has 1 atom stereocenters. The lowest BCUT2D eigenvalue weighted by Crippen LogP contribution is -2.44. The van der Waals surface area contributed by atoms with Gasteiger partial charge in [0.15, 0.2) is 0 Å². The predicted octanol–water partition coefficient (Wildman–Crippen LogP) is 3.24. The molecular formula is C20H22N2O3S. The van der Waals surface area contributed by atoms with Crippen LogP contribution in [-0.4, -0.2) is 36.4 Å². The van der Waals surface area contributed by atoms with Crippen molar-refractivity contribution < 1.29 is 14.3 Å². The highest BCUT2D eigenvalue weighted by Crippen LogP contribution is 2.32. The van der Waals surface area contributed by atoms with Gasteiger partial charge in [-0.1, -0.05) is 24.3 Å². The number of carbonyl (C=O) groups excluding carboxylic acids is 2. The number of carbonyl (C=O) groups is 2. The van der Waals surface area contributed by atoms with Crippen molar-refractivity contribution in [1.29, 1.82) is 0 Å². The van der Waals surface area contributed by atoms with E-state index in [2.05, 4.69) is 5.32 Å². The van der Waals surface area contributed by atoms with Crippen molar-refractivity contribution in [2.75, 3.05) is 19.7 Å². The van der Waals surface area contributed by atoms with Crippen LogP contribution in [0.3, 0.4) is 0 Å². The van der Waals surface area contributed by atoms with Gasteiger partial charge in [0.05, 0.1) is 17.5 Å². The molecule has 1 aromatic heterocycles. The molecule has 6 heteroatoms. The van der Waals surface area contributed by atoms with Gasteiger partial charge in [-0.2, -0.15) is 0 Å². The summed E-state index contributed by atoms with van der Waals surface area (Å²) in [6.45, 7) is 1.90. The second kappa shape index (κ2) is 7.50. The molecular weight excluding hydrogens is 348 g/mol. The van der Waals surface area contributed by atoms with Gasteiger partial charge in [0.25, 0.3) is 5.91 Å². The number of nitrogens with one attached hydrogen (secondary N) is 1. The molecule has 2 aliphatic heterocycles. The quantitative estimate of drug-likeness (QED) is 0.902. The van der Waals surface area contributed by atoms with Gasteiger partial charge < -0.3 is 15.0 Å². The zero-order valence-corrected chi connectivity index (χ0v) is 15.3. The molecule has 0 bridgehead atoms. The lowest BCUT2D eigenvalue weighted by Gasteiger charge is -2.33. The Kier molecular flexibility index (Phi) is 4.93. The summed E-state index contributed by atoms with van der Waals surface area (Å²) in [5, 5.41) is 5.11. The van der Waals surface area contributed by atoms with Crippen LogP contribution in [0, 0.1) is 5.92 Å². The molecule has 0 aliphatic carbocycles. The van der Waals surface area contributed by atoms with Crippen molar-refractivity contribution in [3.63, 3.8) is 0 Å². The molecule has 3 heterocycles. The summed E-state index contributed by atoms with van der Waals surface area (Å²) in [4.78, 5) is 27.8. The molecule has 2 amide bonds. The Hall–Kier alpha value is -2.34. The number of rotatable bonds is 3. The minimum atomic E-state index is -0.0302. The molecule has 0 unspecified atom stereocenters. The Bertz CT molecular complexity index is 782. The fraction of sp³-hybridized carbons (Fsp3) is 0.400. The fourth-order valence-electron chi connectivity index (χ4n) is 3.68. The van der Waals surface area contributed by atoms with E-state index in [9.17, 15) is 9.59 Å². The molecule has 0 spiro atoms. The smallest absolute Gasteiger partial charge is 0.263 e. The van der Waals surface area contributed by atoms with Crippen LogP contribution < -0.4 is 10.1 Å². The summed E-state index contributed by atoms with van der Waals surface area (Å²) >= 11 is 1.47. The van der Waals surface area contributed by atoms with E-state index in [1.807, 2.05) is 46.7 Å². The van der Waals surface area contributed by atoms with Crippen LogP contribution in [0.25, 0.3) is 0 Å². The normalized spacial score (nSPS) is 20.2. The summed E-state index contributed by atoms with van der Waals surface area (Å²) in [7, 11) is 0. The number of ether oxygens (including phenoxy) is 1. The molecule has 1 aromatic carbocycles. The Morgan fingerprint density at radius 3 is 2.65 bits per heavy atom. The largest absolute Gasteiger partial charge is 0.493 e. The first-order chi connectivity index (χ1) is 12.7. The fourth-order valence-corrected chi connectivity index (χ4v) is 4.37. The summed E-state index contributed by atoms with van der Waals surface area (Å²) in [6.07, 6.45) is 2.22. The molecule has 1 saturated heterocycles. The number of thiophene rings is 1. The zero-order chi connectivity index (χ0) is 17.9. The highest BCUT2D eigenvalue weighted by atomic mass is 32.1. The number of amides is 2. The van der Waals surface area contributed by atoms with Crippen LogP contribution in [-0.2, 0) is 4.79 Å². The molecule has 4 rings (SSSR count). The number of hydrogen-bond donors (Lipinski definition) is 1. The van der Waals surface area contributed by atoms with Gasteiger partial charge in [0.2, 0.25) is 5.91 Å². The van der Waals surface area contributed by atoms with E-state index in [0.717, 1.165) is 22.6 Å². The summed E-state index contributed by atoms with van der Waals surface area (Å²) in [5.41, 5.74) is 1.05. The average molecular weight is 370 g/mol. The van der Waals surface area contributed by atoms with Crippen LogP contribution in [0.1, 0.15) is 40.5 Å². The minimum Gasteiger partial charge on any atom is -0.493 e. The van der Waals surface area contributed by atoms with Gasteiger partial charge in [0.1, 0.15) is 5.75 Å². The maximum absolute atomic E-state index is 12.7. The van der Waals surface area contributed by atoms with E-state index >= 15 is 0 Å². The van der Waals surface area contributed by atoms with Crippen molar-refractivity contribution in [1.82, 2.24) is 10.2 Å². The maximum Gasteiger partial charge on any atom is 0.263 e. The van der Waals surface area contributed by atoms with E-state index in [1.165, 1.54) is 11.3 Å². The van der Waals surface area contributed by atoms with E-state index < -0.39 is 0 Å². The molecule has 5 nitrogen and oxygen atoms in total. The first-order valence-corrected chi connectivity index (χ1v) is 9.95. The van der Waals surface area contributed by atoms with E-state index in [1.54, 1.807) is 0 Å². The Labute approximate surface area is 157 Å². The highest BCUT2D eigenvalue weighted by molar-refractivity contribution is 7.12. The van der Waals surface area contributed by atoms with Crippen molar-refractivity contribution >= 4 is 23.2 Å². The predicted molar refractivity (Wildman–Crippen MR) is 100 cm³/mol. The zero-order valence-electron chi connectivity index (χ0n) is 14.5. The van der Waals surface area contributed by atoms with E-state index in [4.69, 9.17) is 4.74 Å². The van der Waals surface area contributed by atoms with Gasteiger partial charge in [-0.25, -0.2) is 0 Å². The standard InChI is InChI=1S/C20H22N2O3S/c23-19(21-16-9-12-25-17-5-2-1-4-15(16)17)14-7-10-22(11-8-14)20(24)18-6-3-13-26-18/h1-6,13-14,16H,7-12H2,(H,21,23)/t16-/m1/s1. The number of benzene rings is 1. The molecule has 0 saturated carbocycles. The topological polar surface area (TPSA) is 58.6 Å². The summed E-state index contributed by atoms with van der Waals surface area (Å²) < 4.78 is 5.66. The van der Waals surface area contributed by atoms with Crippen LogP contribution in [0.5, 0.6) is 5.75 Å². The number of likely N-dealkylation sites (tertiary alicyclic amines) is 1.